The number of rotatable bonds is 8. The molecule has 5 N–H and O–H groups in total. The fourth-order valence-corrected chi connectivity index (χ4v) is 3.79. The highest BCUT2D eigenvalue weighted by Crippen LogP contribution is 2.33. The molecule has 2 atom stereocenters. The van der Waals surface area contributed by atoms with Gasteiger partial charge in [-0.05, 0) is 29.3 Å². The number of nitrogens with two attached hydrogens (primary N) is 2. The topological polar surface area (TPSA) is 117 Å². The van der Waals surface area contributed by atoms with Crippen molar-refractivity contribution in [3.05, 3.63) is 95.1 Å². The number of carbonyl (C=O) groups is 2. The number of amides is 2. The Hall–Kier alpha value is -3.84. The van der Waals surface area contributed by atoms with Gasteiger partial charge in [0.05, 0.1) is 12.2 Å². The van der Waals surface area contributed by atoms with Crippen LogP contribution in [0.15, 0.2) is 72.8 Å². The predicted molar refractivity (Wildman–Crippen MR) is 125 cm³/mol. The number of carbonyl (C=O) groups excluding carboxylic acids is 2. The zero-order valence-corrected chi connectivity index (χ0v) is 18.2. The first-order valence-corrected chi connectivity index (χ1v) is 10.9. The van der Waals surface area contributed by atoms with E-state index in [-0.39, 0.29) is 12.5 Å². The summed E-state index contributed by atoms with van der Waals surface area (Å²) in [4.78, 5) is 25.0. The van der Waals surface area contributed by atoms with Crippen LogP contribution in [0.25, 0.3) is 0 Å². The van der Waals surface area contributed by atoms with Gasteiger partial charge in [-0.3, -0.25) is 9.59 Å². The molecule has 2 amide bonds. The van der Waals surface area contributed by atoms with Gasteiger partial charge >= 0.3 is 0 Å². The second-order valence-electron chi connectivity index (χ2n) is 8.02. The molecule has 0 aliphatic carbocycles. The van der Waals surface area contributed by atoms with Crippen LogP contribution in [-0.2, 0) is 17.8 Å². The van der Waals surface area contributed by atoms with Gasteiger partial charge in [0.25, 0.3) is 5.91 Å². The quantitative estimate of drug-likeness (QED) is 0.493. The molecule has 0 spiro atoms. The Balaban J connectivity index is 1.41. The number of ether oxygens (including phenoxy) is 2. The monoisotopic (exact) mass is 445 g/mol. The summed E-state index contributed by atoms with van der Waals surface area (Å²) >= 11 is 0. The van der Waals surface area contributed by atoms with Crippen LogP contribution < -0.4 is 26.3 Å². The fraction of sp³-hybridized carbons (Fsp3) is 0.231. The summed E-state index contributed by atoms with van der Waals surface area (Å²) in [7, 11) is 0. The third-order valence-corrected chi connectivity index (χ3v) is 5.63. The highest BCUT2D eigenvalue weighted by Gasteiger charge is 2.26. The van der Waals surface area contributed by atoms with Gasteiger partial charge in [-0.1, -0.05) is 54.6 Å². The molecule has 1 aliphatic heterocycles. The van der Waals surface area contributed by atoms with E-state index < -0.39 is 17.9 Å². The lowest BCUT2D eigenvalue weighted by Crippen LogP contribution is -2.46. The first kappa shape index (κ1) is 22.4. The Morgan fingerprint density at radius 3 is 2.48 bits per heavy atom. The Kier molecular flexibility index (Phi) is 6.90. The summed E-state index contributed by atoms with van der Waals surface area (Å²) in [5.74, 6) is 0.145. The average Bonchev–Trinajstić information content (AvgIpc) is 2.83. The minimum atomic E-state index is -0.873. The van der Waals surface area contributed by atoms with Crippen molar-refractivity contribution in [2.24, 2.45) is 11.5 Å². The second kappa shape index (κ2) is 10.2. The SMILES string of the molecule is NC(=O)[C@H](Cc1ccc(OCc2ccccc2)cc1)NC(=O)c1cccc2c1OCCC2N. The van der Waals surface area contributed by atoms with Crippen LogP contribution in [0.3, 0.4) is 0 Å². The van der Waals surface area contributed by atoms with Crippen LogP contribution in [0, 0.1) is 0 Å². The molecule has 0 saturated carbocycles. The van der Waals surface area contributed by atoms with Crippen molar-refractivity contribution in [1.82, 2.24) is 5.32 Å². The van der Waals surface area contributed by atoms with E-state index in [1.165, 1.54) is 0 Å². The first-order valence-electron chi connectivity index (χ1n) is 10.9. The number of nitrogens with one attached hydrogen (secondary N) is 1. The van der Waals surface area contributed by atoms with E-state index in [0.29, 0.717) is 36.7 Å². The van der Waals surface area contributed by atoms with Gasteiger partial charge in [-0.15, -0.1) is 0 Å². The van der Waals surface area contributed by atoms with E-state index in [1.54, 1.807) is 12.1 Å². The number of para-hydroxylation sites is 1. The molecule has 3 aromatic rings. The van der Waals surface area contributed by atoms with Crippen molar-refractivity contribution < 1.29 is 19.1 Å². The molecule has 1 aliphatic rings. The van der Waals surface area contributed by atoms with Crippen LogP contribution in [-0.4, -0.2) is 24.5 Å². The molecule has 7 nitrogen and oxygen atoms in total. The van der Waals surface area contributed by atoms with E-state index in [2.05, 4.69) is 5.32 Å². The molecule has 1 heterocycles. The zero-order chi connectivity index (χ0) is 23.2. The maximum Gasteiger partial charge on any atom is 0.255 e. The molecule has 0 bridgehead atoms. The van der Waals surface area contributed by atoms with Crippen LogP contribution in [0.5, 0.6) is 11.5 Å². The molecular weight excluding hydrogens is 418 g/mol. The molecule has 1 unspecified atom stereocenters. The molecule has 170 valence electrons. The first-order chi connectivity index (χ1) is 16.0. The lowest BCUT2D eigenvalue weighted by atomic mass is 9.97. The van der Waals surface area contributed by atoms with E-state index in [9.17, 15) is 9.59 Å². The summed E-state index contributed by atoms with van der Waals surface area (Å²) in [5.41, 5.74) is 14.8. The molecule has 3 aromatic carbocycles. The van der Waals surface area contributed by atoms with Crippen molar-refractivity contribution in [2.45, 2.75) is 31.5 Å². The molecule has 0 saturated heterocycles. The van der Waals surface area contributed by atoms with Gasteiger partial charge in [-0.2, -0.15) is 0 Å². The zero-order valence-electron chi connectivity index (χ0n) is 18.2. The molecular formula is C26H27N3O4. The number of hydrogen-bond acceptors (Lipinski definition) is 5. The van der Waals surface area contributed by atoms with Crippen molar-refractivity contribution in [3.8, 4) is 11.5 Å². The lowest BCUT2D eigenvalue weighted by Gasteiger charge is -2.25. The van der Waals surface area contributed by atoms with Gasteiger partial charge in [0, 0.05) is 24.4 Å². The molecule has 33 heavy (non-hydrogen) atoms. The van der Waals surface area contributed by atoms with Gasteiger partial charge in [-0.25, -0.2) is 0 Å². The van der Waals surface area contributed by atoms with Gasteiger partial charge in [0.2, 0.25) is 5.91 Å². The number of hydrogen-bond donors (Lipinski definition) is 3. The largest absolute Gasteiger partial charge is 0.492 e. The maximum atomic E-state index is 12.9. The van der Waals surface area contributed by atoms with Crippen LogP contribution in [0.1, 0.15) is 39.5 Å². The average molecular weight is 446 g/mol. The normalized spacial score (nSPS) is 15.6. The number of primary amides is 1. The highest BCUT2D eigenvalue weighted by molar-refractivity contribution is 6.00. The Labute approximate surface area is 192 Å². The van der Waals surface area contributed by atoms with E-state index in [4.69, 9.17) is 20.9 Å². The highest BCUT2D eigenvalue weighted by atomic mass is 16.5. The molecule has 0 aromatic heterocycles. The summed E-state index contributed by atoms with van der Waals surface area (Å²) in [6, 6.07) is 21.5. The third kappa shape index (κ3) is 5.51. The maximum absolute atomic E-state index is 12.9. The standard InChI is InChI=1S/C26H27N3O4/c27-22-13-14-32-24-20(22)7-4-8-21(24)26(31)29-23(25(28)30)15-17-9-11-19(12-10-17)33-16-18-5-2-1-3-6-18/h1-12,22-23H,13-16,27H2,(H2,28,30)(H,29,31)/t22?,23-/m0/s1. The van der Waals surface area contributed by atoms with Crippen LogP contribution >= 0.6 is 0 Å². The van der Waals surface area contributed by atoms with E-state index in [0.717, 1.165) is 16.7 Å². The third-order valence-electron chi connectivity index (χ3n) is 5.63. The van der Waals surface area contributed by atoms with E-state index in [1.807, 2.05) is 60.7 Å². The van der Waals surface area contributed by atoms with Crippen molar-refractivity contribution in [2.75, 3.05) is 6.61 Å². The summed E-state index contributed by atoms with van der Waals surface area (Å²) < 4.78 is 11.5. The van der Waals surface area contributed by atoms with Gasteiger partial charge in [0.1, 0.15) is 24.1 Å². The van der Waals surface area contributed by atoms with Gasteiger partial charge < -0.3 is 26.3 Å². The van der Waals surface area contributed by atoms with Gasteiger partial charge in [0.15, 0.2) is 0 Å². The number of benzene rings is 3. The van der Waals surface area contributed by atoms with Crippen LogP contribution in [0.4, 0.5) is 0 Å². The Bertz CT molecular complexity index is 1120. The fourth-order valence-electron chi connectivity index (χ4n) is 3.79. The minimum Gasteiger partial charge on any atom is -0.492 e. The Morgan fingerprint density at radius 2 is 1.76 bits per heavy atom. The predicted octanol–water partition coefficient (Wildman–Crippen LogP) is 2.87. The smallest absolute Gasteiger partial charge is 0.255 e. The lowest BCUT2D eigenvalue weighted by molar-refractivity contribution is -0.119. The van der Waals surface area contributed by atoms with Crippen molar-refractivity contribution in [1.29, 1.82) is 0 Å². The summed E-state index contributed by atoms with van der Waals surface area (Å²) in [6.07, 6.45) is 0.947. The second-order valence-corrected chi connectivity index (χ2v) is 8.02. The summed E-state index contributed by atoms with van der Waals surface area (Å²) in [6.45, 7) is 0.906. The molecule has 0 radical (unpaired) electrons. The number of fused-ring (bicyclic) bond motifs is 1. The van der Waals surface area contributed by atoms with Crippen molar-refractivity contribution in [3.63, 3.8) is 0 Å². The molecule has 0 fully saturated rings. The van der Waals surface area contributed by atoms with Crippen molar-refractivity contribution >= 4 is 11.8 Å². The molecule has 7 heteroatoms. The van der Waals surface area contributed by atoms with Crippen LogP contribution in [0.2, 0.25) is 0 Å². The Morgan fingerprint density at radius 1 is 1.00 bits per heavy atom. The van der Waals surface area contributed by atoms with E-state index >= 15 is 0 Å². The molecule has 4 rings (SSSR count). The summed E-state index contributed by atoms with van der Waals surface area (Å²) in [5, 5.41) is 2.74. The minimum absolute atomic E-state index is 0.184.